The van der Waals surface area contributed by atoms with E-state index in [4.69, 9.17) is 4.74 Å². The zero-order chi connectivity index (χ0) is 19.7. The van der Waals surface area contributed by atoms with Gasteiger partial charge in [0.2, 0.25) is 0 Å². The number of fused-ring (bicyclic) bond motifs is 1. The van der Waals surface area contributed by atoms with E-state index < -0.39 is 15.8 Å². The number of amides is 1. The smallest absolute Gasteiger partial charge is 0.264 e. The van der Waals surface area contributed by atoms with Gasteiger partial charge in [-0.15, -0.1) is 11.3 Å². The van der Waals surface area contributed by atoms with Crippen LogP contribution in [0.25, 0.3) is 10.1 Å². The molecule has 1 N–H and O–H groups in total. The number of nitrogens with zero attached hydrogens (tertiary/aromatic N) is 1. The highest BCUT2D eigenvalue weighted by Crippen LogP contribution is 2.30. The normalized spacial score (nSPS) is 15.0. The average molecular weight is 420 g/mol. The van der Waals surface area contributed by atoms with Crippen LogP contribution in [0.2, 0.25) is 0 Å². The summed E-state index contributed by atoms with van der Waals surface area (Å²) in [5.74, 6) is -0.547. The van der Waals surface area contributed by atoms with Crippen molar-refractivity contribution in [3.63, 3.8) is 0 Å². The van der Waals surface area contributed by atoms with Crippen molar-refractivity contribution in [1.29, 1.82) is 0 Å². The standard InChI is InChI=1S/C19H17FN2O4S2/c20-14-1-4-16(5-2-14)28(24,25)21-15-3-6-17-13(11-15)12-18(27-17)19(23)22-7-9-26-10-8-22/h1-6,11-12,21H,7-10H2. The molecule has 1 amide bonds. The molecule has 0 saturated carbocycles. The molecule has 1 saturated heterocycles. The maximum atomic E-state index is 13.0. The van der Waals surface area contributed by atoms with E-state index in [2.05, 4.69) is 4.72 Å². The lowest BCUT2D eigenvalue weighted by Gasteiger charge is -2.26. The van der Waals surface area contributed by atoms with Crippen LogP contribution in [0.4, 0.5) is 10.1 Å². The number of carbonyl (C=O) groups excluding carboxylic acids is 1. The third-order valence-corrected chi connectivity index (χ3v) is 6.90. The van der Waals surface area contributed by atoms with Gasteiger partial charge in [0, 0.05) is 23.5 Å². The molecule has 9 heteroatoms. The van der Waals surface area contributed by atoms with E-state index in [0.717, 1.165) is 22.2 Å². The molecule has 2 aromatic carbocycles. The Morgan fingerprint density at radius 1 is 1.07 bits per heavy atom. The number of hydrogen-bond acceptors (Lipinski definition) is 5. The van der Waals surface area contributed by atoms with Crippen LogP contribution in [0.3, 0.4) is 0 Å². The Balaban J connectivity index is 1.57. The highest BCUT2D eigenvalue weighted by atomic mass is 32.2. The molecule has 0 radical (unpaired) electrons. The van der Waals surface area contributed by atoms with E-state index in [-0.39, 0.29) is 10.8 Å². The molecule has 2 heterocycles. The zero-order valence-corrected chi connectivity index (χ0v) is 16.4. The van der Waals surface area contributed by atoms with Crippen molar-refractivity contribution >= 4 is 43.0 Å². The number of sulfonamides is 1. The van der Waals surface area contributed by atoms with Crippen molar-refractivity contribution in [3.8, 4) is 0 Å². The Kier molecular flexibility index (Phi) is 5.05. The Morgan fingerprint density at radius 3 is 2.50 bits per heavy atom. The molecule has 3 aromatic rings. The maximum Gasteiger partial charge on any atom is 0.264 e. The predicted octanol–water partition coefficient (Wildman–Crippen LogP) is 3.31. The van der Waals surface area contributed by atoms with E-state index in [0.29, 0.717) is 36.9 Å². The van der Waals surface area contributed by atoms with Gasteiger partial charge in [-0.1, -0.05) is 0 Å². The highest BCUT2D eigenvalue weighted by Gasteiger charge is 2.21. The second-order valence-corrected chi connectivity index (χ2v) is 9.09. The summed E-state index contributed by atoms with van der Waals surface area (Å²) in [6.07, 6.45) is 0. The minimum atomic E-state index is -3.83. The van der Waals surface area contributed by atoms with Gasteiger partial charge in [-0.3, -0.25) is 9.52 Å². The fraction of sp³-hybridized carbons (Fsp3) is 0.211. The number of ether oxygens (including phenoxy) is 1. The molecule has 0 aliphatic carbocycles. The van der Waals surface area contributed by atoms with Crippen LogP contribution in [0.15, 0.2) is 53.4 Å². The van der Waals surface area contributed by atoms with Crippen LogP contribution in [-0.2, 0) is 14.8 Å². The van der Waals surface area contributed by atoms with E-state index in [9.17, 15) is 17.6 Å². The molecule has 1 aromatic heterocycles. The molecule has 1 fully saturated rings. The van der Waals surface area contributed by atoms with Crippen LogP contribution in [-0.4, -0.2) is 45.5 Å². The lowest BCUT2D eigenvalue weighted by Crippen LogP contribution is -2.40. The summed E-state index contributed by atoms with van der Waals surface area (Å²) in [7, 11) is -3.83. The van der Waals surface area contributed by atoms with Gasteiger partial charge in [-0.2, -0.15) is 0 Å². The molecule has 28 heavy (non-hydrogen) atoms. The van der Waals surface area contributed by atoms with Gasteiger partial charge in [-0.25, -0.2) is 12.8 Å². The van der Waals surface area contributed by atoms with Crippen LogP contribution >= 0.6 is 11.3 Å². The van der Waals surface area contributed by atoms with Crippen molar-refractivity contribution in [2.75, 3.05) is 31.0 Å². The Bertz CT molecular complexity index is 1120. The maximum absolute atomic E-state index is 13.0. The van der Waals surface area contributed by atoms with Crippen LogP contribution < -0.4 is 4.72 Å². The molecule has 4 rings (SSSR count). The number of morpholine rings is 1. The number of halogens is 1. The largest absolute Gasteiger partial charge is 0.378 e. The number of hydrogen-bond donors (Lipinski definition) is 1. The molecule has 0 atom stereocenters. The second kappa shape index (κ2) is 7.50. The Hall–Kier alpha value is -2.49. The first-order chi connectivity index (χ1) is 13.4. The summed E-state index contributed by atoms with van der Waals surface area (Å²) >= 11 is 1.37. The van der Waals surface area contributed by atoms with Crippen molar-refractivity contribution < 1.29 is 22.3 Å². The van der Waals surface area contributed by atoms with E-state index in [1.807, 2.05) is 0 Å². The third kappa shape index (κ3) is 3.87. The zero-order valence-electron chi connectivity index (χ0n) is 14.7. The molecule has 1 aliphatic heterocycles. The lowest BCUT2D eigenvalue weighted by molar-refractivity contribution is 0.0306. The van der Waals surface area contributed by atoms with Crippen molar-refractivity contribution in [1.82, 2.24) is 4.90 Å². The quantitative estimate of drug-likeness (QED) is 0.703. The minimum Gasteiger partial charge on any atom is -0.378 e. The highest BCUT2D eigenvalue weighted by molar-refractivity contribution is 7.92. The summed E-state index contributed by atoms with van der Waals surface area (Å²) in [6.45, 7) is 2.20. The van der Waals surface area contributed by atoms with E-state index in [1.54, 1.807) is 29.2 Å². The summed E-state index contributed by atoms with van der Waals surface area (Å²) < 4.78 is 46.6. The number of anilines is 1. The summed E-state index contributed by atoms with van der Waals surface area (Å²) in [4.78, 5) is 15.0. The predicted molar refractivity (Wildman–Crippen MR) is 106 cm³/mol. The van der Waals surface area contributed by atoms with Crippen LogP contribution in [0, 0.1) is 5.82 Å². The Morgan fingerprint density at radius 2 is 1.79 bits per heavy atom. The Labute approximate surface area is 165 Å². The van der Waals surface area contributed by atoms with E-state index in [1.165, 1.54) is 23.5 Å². The number of benzene rings is 2. The van der Waals surface area contributed by atoms with Crippen molar-refractivity contribution in [2.45, 2.75) is 4.90 Å². The first kappa shape index (κ1) is 18.9. The van der Waals surface area contributed by atoms with Crippen LogP contribution in [0.5, 0.6) is 0 Å². The number of rotatable bonds is 4. The minimum absolute atomic E-state index is 0.0255. The molecule has 0 bridgehead atoms. The van der Waals surface area contributed by atoms with Gasteiger partial charge >= 0.3 is 0 Å². The molecule has 146 valence electrons. The molecule has 0 unspecified atom stereocenters. The van der Waals surface area contributed by atoms with E-state index >= 15 is 0 Å². The second-order valence-electron chi connectivity index (χ2n) is 6.33. The lowest BCUT2D eigenvalue weighted by atomic mass is 10.2. The average Bonchev–Trinajstić information content (AvgIpc) is 3.11. The molecular formula is C19H17FN2O4S2. The van der Waals surface area contributed by atoms with Gasteiger partial charge in [-0.05, 0) is 53.9 Å². The van der Waals surface area contributed by atoms with Crippen molar-refractivity contribution in [2.24, 2.45) is 0 Å². The summed E-state index contributed by atoms with van der Waals surface area (Å²) in [6, 6.07) is 11.5. The monoisotopic (exact) mass is 420 g/mol. The molecule has 1 aliphatic rings. The van der Waals surface area contributed by atoms with Gasteiger partial charge in [0.25, 0.3) is 15.9 Å². The first-order valence-corrected chi connectivity index (χ1v) is 10.9. The number of nitrogens with one attached hydrogen (secondary N) is 1. The summed E-state index contributed by atoms with van der Waals surface area (Å²) in [5, 5.41) is 0.779. The first-order valence-electron chi connectivity index (χ1n) is 8.61. The number of carbonyl (C=O) groups is 1. The molecular weight excluding hydrogens is 403 g/mol. The molecule has 0 spiro atoms. The van der Waals surface area contributed by atoms with Gasteiger partial charge in [0.15, 0.2) is 0 Å². The van der Waals surface area contributed by atoms with Gasteiger partial charge in [0.1, 0.15) is 5.82 Å². The fourth-order valence-corrected chi connectivity index (χ4v) is 5.02. The SMILES string of the molecule is O=C(c1cc2cc(NS(=O)(=O)c3ccc(F)cc3)ccc2s1)N1CCOCC1. The topological polar surface area (TPSA) is 75.7 Å². The van der Waals surface area contributed by atoms with Gasteiger partial charge in [0.05, 0.1) is 23.0 Å². The number of thiophene rings is 1. The summed E-state index contributed by atoms with van der Waals surface area (Å²) in [5.41, 5.74) is 0.375. The van der Waals surface area contributed by atoms with Gasteiger partial charge < -0.3 is 9.64 Å². The molecule has 6 nitrogen and oxygen atoms in total. The third-order valence-electron chi connectivity index (χ3n) is 4.40. The van der Waals surface area contributed by atoms with Crippen molar-refractivity contribution in [3.05, 3.63) is 59.2 Å². The van der Waals surface area contributed by atoms with Crippen LogP contribution in [0.1, 0.15) is 9.67 Å². The fourth-order valence-electron chi connectivity index (χ4n) is 2.96.